The van der Waals surface area contributed by atoms with E-state index in [0.29, 0.717) is 11.1 Å². The van der Waals surface area contributed by atoms with Crippen LogP contribution in [0.5, 0.6) is 0 Å². The number of esters is 2. The van der Waals surface area contributed by atoms with Crippen molar-refractivity contribution in [1.82, 2.24) is 0 Å². The van der Waals surface area contributed by atoms with E-state index in [-0.39, 0.29) is 6.10 Å². The van der Waals surface area contributed by atoms with Gasteiger partial charge in [-0.2, -0.15) is 0 Å². The van der Waals surface area contributed by atoms with E-state index in [1.165, 1.54) is 6.92 Å². The molecule has 0 radical (unpaired) electrons. The number of quaternary nitrogens is 1. The quantitative estimate of drug-likeness (QED) is 0.588. The molecule has 5 nitrogen and oxygen atoms in total. The second kappa shape index (κ2) is 8.15. The third kappa shape index (κ3) is 4.25. The van der Waals surface area contributed by atoms with Gasteiger partial charge in [-0.1, -0.05) is 60.7 Å². The lowest BCUT2D eigenvalue weighted by Gasteiger charge is -2.39. The lowest BCUT2D eigenvalue weighted by molar-refractivity contribution is -0.898. The molecule has 1 fully saturated rings. The molecular formula is C23H28NO4+. The van der Waals surface area contributed by atoms with Crippen LogP contribution in [0.2, 0.25) is 0 Å². The number of carbonyl (C=O) groups is 2. The van der Waals surface area contributed by atoms with Gasteiger partial charge in [-0.15, -0.1) is 0 Å². The summed E-state index contributed by atoms with van der Waals surface area (Å²) in [6.45, 7) is 3.11. The van der Waals surface area contributed by atoms with Gasteiger partial charge in [0.25, 0.3) is 5.60 Å². The number of ether oxygens (including phenoxy) is 2. The monoisotopic (exact) mass is 382 g/mol. The summed E-state index contributed by atoms with van der Waals surface area (Å²) in [5.41, 5.74) is -0.472. The van der Waals surface area contributed by atoms with Gasteiger partial charge in [-0.3, -0.25) is 4.79 Å². The molecule has 2 aromatic rings. The van der Waals surface area contributed by atoms with E-state index in [2.05, 4.69) is 14.1 Å². The summed E-state index contributed by atoms with van der Waals surface area (Å²) in [4.78, 5) is 25.6. The summed E-state index contributed by atoms with van der Waals surface area (Å²) in [6, 6.07) is 18.2. The first-order chi connectivity index (χ1) is 13.3. The zero-order chi connectivity index (χ0) is 20.2. The van der Waals surface area contributed by atoms with E-state index in [1.807, 2.05) is 36.4 Å². The molecule has 1 aliphatic heterocycles. The van der Waals surface area contributed by atoms with Crippen molar-refractivity contribution in [3.8, 4) is 0 Å². The molecule has 0 aliphatic carbocycles. The molecule has 0 bridgehead atoms. The third-order valence-corrected chi connectivity index (χ3v) is 5.21. The van der Waals surface area contributed by atoms with Crippen molar-refractivity contribution >= 4 is 11.9 Å². The van der Waals surface area contributed by atoms with Gasteiger partial charge in [0.05, 0.1) is 20.6 Å². The van der Waals surface area contributed by atoms with E-state index in [0.717, 1.165) is 30.4 Å². The summed E-state index contributed by atoms with van der Waals surface area (Å²) in [7, 11) is 4.27. The number of hydrogen-bond donors (Lipinski definition) is 0. The van der Waals surface area contributed by atoms with Gasteiger partial charge < -0.3 is 14.0 Å². The summed E-state index contributed by atoms with van der Waals surface area (Å²) < 4.78 is 12.5. The van der Waals surface area contributed by atoms with Gasteiger partial charge in [-0.05, 0) is 6.42 Å². The molecule has 3 rings (SSSR count). The van der Waals surface area contributed by atoms with Crippen molar-refractivity contribution in [3.63, 3.8) is 0 Å². The van der Waals surface area contributed by atoms with Crippen molar-refractivity contribution < 1.29 is 23.5 Å². The predicted molar refractivity (Wildman–Crippen MR) is 106 cm³/mol. The number of carbonyl (C=O) groups excluding carboxylic acids is 2. The molecule has 1 atom stereocenters. The normalized spacial score (nSPS) is 18.9. The Hall–Kier alpha value is -2.66. The number of piperidine rings is 1. The fourth-order valence-electron chi connectivity index (χ4n) is 3.93. The molecule has 0 N–H and O–H groups in total. The topological polar surface area (TPSA) is 52.6 Å². The van der Waals surface area contributed by atoms with E-state index >= 15 is 0 Å². The molecule has 0 spiro atoms. The van der Waals surface area contributed by atoms with Gasteiger partial charge in [0, 0.05) is 24.5 Å². The summed E-state index contributed by atoms with van der Waals surface area (Å²) in [5, 5.41) is 0. The summed E-state index contributed by atoms with van der Waals surface area (Å²) in [5.74, 6) is -1.09. The number of nitrogens with zero attached hydrogens (tertiary/aromatic N) is 1. The van der Waals surface area contributed by atoms with Crippen LogP contribution in [-0.4, -0.2) is 49.7 Å². The molecule has 5 heteroatoms. The second-order valence-electron chi connectivity index (χ2n) is 8.02. The Balaban J connectivity index is 2.04. The molecule has 1 aliphatic rings. The SMILES string of the molecule is CC(=O)OC(C(=O)OC1CCC[N+](C)(C)C1)(c1ccccc1)c1ccccc1. The summed E-state index contributed by atoms with van der Waals surface area (Å²) in [6.07, 6.45) is 1.59. The molecule has 0 saturated carbocycles. The standard InChI is InChI=1S/C23H28NO4/c1-18(25)28-23(19-11-6-4-7-12-19,20-13-8-5-9-14-20)22(26)27-21-15-10-16-24(2,3)17-21/h4-9,11-14,21H,10,15-17H2,1-3H3/q+1. The first-order valence-corrected chi connectivity index (χ1v) is 9.67. The van der Waals surface area contributed by atoms with Crippen LogP contribution in [0.1, 0.15) is 30.9 Å². The average molecular weight is 382 g/mol. The highest BCUT2D eigenvalue weighted by molar-refractivity contribution is 5.88. The lowest BCUT2D eigenvalue weighted by atomic mass is 9.85. The van der Waals surface area contributed by atoms with Crippen LogP contribution < -0.4 is 0 Å². The smallest absolute Gasteiger partial charge is 0.360 e. The maximum Gasteiger partial charge on any atom is 0.360 e. The summed E-state index contributed by atoms with van der Waals surface area (Å²) >= 11 is 0. The molecule has 1 heterocycles. The molecule has 1 saturated heterocycles. The van der Waals surface area contributed by atoms with Gasteiger partial charge in [-0.25, -0.2) is 4.79 Å². The highest BCUT2D eigenvalue weighted by Gasteiger charge is 2.48. The van der Waals surface area contributed by atoms with E-state index in [4.69, 9.17) is 9.47 Å². The van der Waals surface area contributed by atoms with Gasteiger partial charge in [0.1, 0.15) is 6.54 Å². The zero-order valence-corrected chi connectivity index (χ0v) is 16.8. The molecular weight excluding hydrogens is 354 g/mol. The molecule has 2 aromatic carbocycles. The molecule has 1 unspecified atom stereocenters. The van der Waals surface area contributed by atoms with Crippen LogP contribution in [0.25, 0.3) is 0 Å². The molecule has 0 amide bonds. The van der Waals surface area contributed by atoms with Crippen molar-refractivity contribution in [1.29, 1.82) is 0 Å². The lowest BCUT2D eigenvalue weighted by Crippen LogP contribution is -2.52. The maximum absolute atomic E-state index is 13.6. The average Bonchev–Trinajstić information content (AvgIpc) is 2.66. The minimum Gasteiger partial charge on any atom is -0.453 e. The Labute approximate surface area is 166 Å². The number of rotatable bonds is 5. The van der Waals surface area contributed by atoms with E-state index in [9.17, 15) is 9.59 Å². The number of likely N-dealkylation sites (N-methyl/N-ethyl adjacent to an activating group) is 1. The Morgan fingerprint density at radius 3 is 1.96 bits per heavy atom. The second-order valence-corrected chi connectivity index (χ2v) is 8.02. The van der Waals surface area contributed by atoms with Crippen LogP contribution in [0.3, 0.4) is 0 Å². The van der Waals surface area contributed by atoms with Crippen LogP contribution in [0.4, 0.5) is 0 Å². The molecule has 0 aromatic heterocycles. The van der Waals surface area contributed by atoms with Crippen LogP contribution in [-0.2, 0) is 24.7 Å². The third-order valence-electron chi connectivity index (χ3n) is 5.21. The fraction of sp³-hybridized carbons (Fsp3) is 0.391. The largest absolute Gasteiger partial charge is 0.453 e. The van der Waals surface area contributed by atoms with Gasteiger partial charge >= 0.3 is 11.9 Å². The van der Waals surface area contributed by atoms with E-state index in [1.54, 1.807) is 24.3 Å². The zero-order valence-electron chi connectivity index (χ0n) is 16.8. The van der Waals surface area contributed by atoms with Gasteiger partial charge in [0.2, 0.25) is 0 Å². The predicted octanol–water partition coefficient (Wildman–Crippen LogP) is 3.28. The molecule has 148 valence electrons. The van der Waals surface area contributed by atoms with Crippen LogP contribution >= 0.6 is 0 Å². The van der Waals surface area contributed by atoms with Crippen LogP contribution in [0, 0.1) is 0 Å². The minimum atomic E-state index is -1.62. The highest BCUT2D eigenvalue weighted by Crippen LogP contribution is 2.36. The Bertz CT molecular complexity index is 778. The highest BCUT2D eigenvalue weighted by atomic mass is 16.6. The van der Waals surface area contributed by atoms with Crippen molar-refractivity contribution in [2.24, 2.45) is 0 Å². The number of hydrogen-bond acceptors (Lipinski definition) is 4. The van der Waals surface area contributed by atoms with Gasteiger partial charge in [0.15, 0.2) is 6.10 Å². The van der Waals surface area contributed by atoms with Crippen molar-refractivity contribution in [2.75, 3.05) is 27.2 Å². The van der Waals surface area contributed by atoms with Crippen molar-refractivity contribution in [2.45, 2.75) is 31.5 Å². The Morgan fingerprint density at radius 1 is 0.964 bits per heavy atom. The molecule has 28 heavy (non-hydrogen) atoms. The number of likely N-dealkylation sites (tertiary alicyclic amines) is 1. The van der Waals surface area contributed by atoms with Crippen LogP contribution in [0.15, 0.2) is 60.7 Å². The maximum atomic E-state index is 13.6. The number of benzene rings is 2. The first-order valence-electron chi connectivity index (χ1n) is 9.67. The minimum absolute atomic E-state index is 0.210. The Morgan fingerprint density at radius 2 is 1.50 bits per heavy atom. The van der Waals surface area contributed by atoms with E-state index < -0.39 is 17.5 Å². The fourth-order valence-corrected chi connectivity index (χ4v) is 3.93. The first kappa shape index (κ1) is 20.1. The van der Waals surface area contributed by atoms with Crippen molar-refractivity contribution in [3.05, 3.63) is 71.8 Å². The Kier molecular flexibility index (Phi) is 5.84.